The largest absolute Gasteiger partial charge is 0.379 e. The lowest BCUT2D eigenvalue weighted by Gasteiger charge is -2.47. The summed E-state index contributed by atoms with van der Waals surface area (Å²) in [7, 11) is 0. The summed E-state index contributed by atoms with van der Waals surface area (Å²) in [5.41, 5.74) is 1.70. The van der Waals surface area contributed by atoms with E-state index in [0.717, 1.165) is 36.1 Å². The van der Waals surface area contributed by atoms with Crippen LogP contribution in [0.5, 0.6) is 0 Å². The standard InChI is InChI=1S/C20H23NO/c1-19(2)13-8-11-17(15-16-9-4-3-5-10-16)20(19,22)18-12-6-7-14-21-18/h3-7,9-10,12,14-15,22H,8,11,13H2,1-2H3/b17-15-/t20-/m1/s1. The van der Waals surface area contributed by atoms with Gasteiger partial charge in [0.1, 0.15) is 5.60 Å². The predicted molar refractivity (Wildman–Crippen MR) is 90.2 cm³/mol. The van der Waals surface area contributed by atoms with Crippen LogP contribution in [0.15, 0.2) is 60.3 Å². The molecule has 2 nitrogen and oxygen atoms in total. The highest BCUT2D eigenvalue weighted by Gasteiger charge is 2.50. The minimum Gasteiger partial charge on any atom is -0.379 e. The number of hydrogen-bond donors (Lipinski definition) is 1. The van der Waals surface area contributed by atoms with Crippen molar-refractivity contribution in [3.63, 3.8) is 0 Å². The van der Waals surface area contributed by atoms with E-state index in [1.54, 1.807) is 6.20 Å². The first kappa shape index (κ1) is 15.0. The molecule has 0 spiro atoms. The van der Waals surface area contributed by atoms with Crippen molar-refractivity contribution >= 4 is 6.08 Å². The Labute approximate surface area is 132 Å². The molecule has 1 aliphatic carbocycles. The fourth-order valence-corrected chi connectivity index (χ4v) is 3.53. The summed E-state index contributed by atoms with van der Waals surface area (Å²) < 4.78 is 0. The van der Waals surface area contributed by atoms with Crippen molar-refractivity contribution in [2.75, 3.05) is 0 Å². The molecule has 2 aromatic rings. The van der Waals surface area contributed by atoms with Crippen LogP contribution in [-0.2, 0) is 5.60 Å². The lowest BCUT2D eigenvalue weighted by molar-refractivity contribution is -0.0638. The third-order valence-electron chi connectivity index (χ3n) is 4.87. The normalized spacial score (nSPS) is 26.0. The first-order valence-corrected chi connectivity index (χ1v) is 7.94. The van der Waals surface area contributed by atoms with Crippen molar-refractivity contribution in [1.82, 2.24) is 4.98 Å². The molecule has 2 heteroatoms. The summed E-state index contributed by atoms with van der Waals surface area (Å²) >= 11 is 0. The van der Waals surface area contributed by atoms with Crippen molar-refractivity contribution in [1.29, 1.82) is 0 Å². The topological polar surface area (TPSA) is 33.1 Å². The van der Waals surface area contributed by atoms with Crippen molar-refractivity contribution in [3.8, 4) is 0 Å². The number of aliphatic hydroxyl groups is 1. The SMILES string of the molecule is CC1(C)CCC/C(=C/c2ccccc2)[C@@]1(O)c1ccccn1. The number of hydrogen-bond acceptors (Lipinski definition) is 2. The van der Waals surface area contributed by atoms with E-state index in [0.29, 0.717) is 0 Å². The third-order valence-corrected chi connectivity index (χ3v) is 4.87. The lowest BCUT2D eigenvalue weighted by Crippen LogP contribution is -2.46. The lowest BCUT2D eigenvalue weighted by atomic mass is 9.61. The second-order valence-electron chi connectivity index (χ2n) is 6.74. The summed E-state index contributed by atoms with van der Waals surface area (Å²) in [4.78, 5) is 4.47. The van der Waals surface area contributed by atoms with E-state index >= 15 is 0 Å². The van der Waals surface area contributed by atoms with E-state index in [4.69, 9.17) is 0 Å². The molecule has 1 atom stereocenters. The number of aromatic nitrogens is 1. The van der Waals surface area contributed by atoms with Crippen molar-refractivity contribution in [2.45, 2.75) is 38.7 Å². The van der Waals surface area contributed by atoms with Crippen LogP contribution in [0.1, 0.15) is 44.4 Å². The van der Waals surface area contributed by atoms with Gasteiger partial charge in [-0.25, -0.2) is 0 Å². The van der Waals surface area contributed by atoms with Gasteiger partial charge in [-0.15, -0.1) is 0 Å². The summed E-state index contributed by atoms with van der Waals surface area (Å²) in [6, 6.07) is 16.0. The Kier molecular flexibility index (Phi) is 3.88. The summed E-state index contributed by atoms with van der Waals surface area (Å²) in [6.07, 6.45) is 6.89. The van der Waals surface area contributed by atoms with Crippen molar-refractivity contribution < 1.29 is 5.11 Å². The number of pyridine rings is 1. The van der Waals surface area contributed by atoms with Gasteiger partial charge >= 0.3 is 0 Å². The van der Waals surface area contributed by atoms with Crippen LogP contribution < -0.4 is 0 Å². The van der Waals surface area contributed by atoms with Crippen LogP contribution >= 0.6 is 0 Å². The number of nitrogens with zero attached hydrogens (tertiary/aromatic N) is 1. The Bertz CT molecular complexity index is 661. The zero-order chi connectivity index (χ0) is 15.6. The molecule has 0 aliphatic heterocycles. The first-order chi connectivity index (χ1) is 10.5. The van der Waals surface area contributed by atoms with Gasteiger partial charge in [0.05, 0.1) is 5.69 Å². The number of benzene rings is 1. The van der Waals surface area contributed by atoms with Gasteiger partial charge in [0.15, 0.2) is 0 Å². The van der Waals surface area contributed by atoms with E-state index in [9.17, 15) is 5.11 Å². The quantitative estimate of drug-likeness (QED) is 0.880. The first-order valence-electron chi connectivity index (χ1n) is 7.94. The molecule has 1 saturated carbocycles. The Morgan fingerprint density at radius 3 is 2.45 bits per heavy atom. The molecule has 1 aromatic heterocycles. The van der Waals surface area contributed by atoms with Crippen molar-refractivity contribution in [3.05, 3.63) is 71.6 Å². The molecular weight excluding hydrogens is 270 g/mol. The maximum Gasteiger partial charge on any atom is 0.133 e. The van der Waals surface area contributed by atoms with Crippen LogP contribution in [-0.4, -0.2) is 10.1 Å². The molecule has 1 aromatic carbocycles. The molecule has 0 radical (unpaired) electrons. The second kappa shape index (κ2) is 5.69. The molecule has 22 heavy (non-hydrogen) atoms. The highest BCUT2D eigenvalue weighted by Crippen LogP contribution is 2.52. The number of rotatable bonds is 2. The summed E-state index contributed by atoms with van der Waals surface area (Å²) in [6.45, 7) is 4.28. The van der Waals surface area contributed by atoms with Crippen LogP contribution in [0.2, 0.25) is 0 Å². The maximum atomic E-state index is 11.7. The van der Waals surface area contributed by atoms with E-state index in [-0.39, 0.29) is 5.41 Å². The van der Waals surface area contributed by atoms with Gasteiger partial charge in [0.25, 0.3) is 0 Å². The molecule has 1 fully saturated rings. The van der Waals surface area contributed by atoms with Crippen LogP contribution in [0.3, 0.4) is 0 Å². The molecule has 3 rings (SSSR count). The van der Waals surface area contributed by atoms with Crippen LogP contribution in [0.4, 0.5) is 0 Å². The Morgan fingerprint density at radius 1 is 1.05 bits per heavy atom. The highest BCUT2D eigenvalue weighted by molar-refractivity contribution is 5.57. The van der Waals surface area contributed by atoms with E-state index in [1.165, 1.54) is 0 Å². The predicted octanol–water partition coefficient (Wildman–Crippen LogP) is 4.56. The monoisotopic (exact) mass is 293 g/mol. The molecule has 114 valence electrons. The highest BCUT2D eigenvalue weighted by atomic mass is 16.3. The van der Waals surface area contributed by atoms with Crippen LogP contribution in [0, 0.1) is 5.41 Å². The molecule has 0 saturated heterocycles. The van der Waals surface area contributed by atoms with Gasteiger partial charge in [-0.1, -0.05) is 56.3 Å². The van der Waals surface area contributed by atoms with Crippen molar-refractivity contribution in [2.24, 2.45) is 5.41 Å². The average molecular weight is 293 g/mol. The summed E-state index contributed by atoms with van der Waals surface area (Å²) in [5, 5.41) is 11.7. The van der Waals surface area contributed by atoms with Gasteiger partial charge < -0.3 is 5.11 Å². The van der Waals surface area contributed by atoms with Gasteiger partial charge in [0, 0.05) is 11.6 Å². The fraction of sp³-hybridized carbons (Fsp3) is 0.350. The molecule has 1 heterocycles. The third kappa shape index (κ3) is 2.48. The molecule has 1 N–H and O–H groups in total. The fourth-order valence-electron chi connectivity index (χ4n) is 3.53. The molecule has 1 aliphatic rings. The second-order valence-corrected chi connectivity index (χ2v) is 6.74. The van der Waals surface area contributed by atoms with Crippen LogP contribution in [0.25, 0.3) is 6.08 Å². The molecule has 0 unspecified atom stereocenters. The molecular formula is C20H23NO. The Morgan fingerprint density at radius 2 is 1.77 bits per heavy atom. The average Bonchev–Trinajstić information content (AvgIpc) is 2.53. The Balaban J connectivity index is 2.13. The van der Waals surface area contributed by atoms with Gasteiger partial charge in [-0.2, -0.15) is 0 Å². The van der Waals surface area contributed by atoms with Gasteiger partial charge in [0.2, 0.25) is 0 Å². The summed E-state index contributed by atoms with van der Waals surface area (Å²) in [5.74, 6) is 0. The maximum absolute atomic E-state index is 11.7. The van der Waals surface area contributed by atoms with Gasteiger partial charge in [-0.3, -0.25) is 4.98 Å². The zero-order valence-corrected chi connectivity index (χ0v) is 13.3. The molecule has 0 amide bonds. The Hall–Kier alpha value is -1.93. The van der Waals surface area contributed by atoms with Gasteiger partial charge in [-0.05, 0) is 42.5 Å². The minimum absolute atomic E-state index is 0.236. The molecule has 0 bridgehead atoms. The van der Waals surface area contributed by atoms with E-state index < -0.39 is 5.60 Å². The smallest absolute Gasteiger partial charge is 0.133 e. The van der Waals surface area contributed by atoms with E-state index in [2.05, 4.69) is 37.0 Å². The minimum atomic E-state index is -1.01. The van der Waals surface area contributed by atoms with E-state index in [1.807, 2.05) is 36.4 Å². The zero-order valence-electron chi connectivity index (χ0n) is 13.3.